The van der Waals surface area contributed by atoms with Crippen LogP contribution in [-0.4, -0.2) is 34.5 Å². The second kappa shape index (κ2) is 7.68. The molecule has 2 aromatic carbocycles. The van der Waals surface area contributed by atoms with Gasteiger partial charge in [-0.15, -0.1) is 0 Å². The molecular formula is C24H23N3O2. The second-order valence-electron chi connectivity index (χ2n) is 7.66. The number of carbonyl (C=O) groups excluding carboxylic acids is 1. The molecule has 5 nitrogen and oxygen atoms in total. The zero-order valence-corrected chi connectivity index (χ0v) is 16.1. The minimum atomic E-state index is -0.197. The predicted molar refractivity (Wildman–Crippen MR) is 112 cm³/mol. The van der Waals surface area contributed by atoms with E-state index in [0.29, 0.717) is 19.5 Å². The third-order valence-electron chi connectivity index (χ3n) is 5.66. The Morgan fingerprint density at radius 3 is 2.55 bits per heavy atom. The molecule has 146 valence electrons. The van der Waals surface area contributed by atoms with Crippen molar-refractivity contribution in [3.8, 4) is 5.75 Å². The highest BCUT2D eigenvalue weighted by Crippen LogP contribution is 2.37. The van der Waals surface area contributed by atoms with Crippen LogP contribution in [0.2, 0.25) is 0 Å². The Bertz CT molecular complexity index is 993. The molecule has 0 saturated carbocycles. The average molecular weight is 385 g/mol. The number of pyridine rings is 1. The van der Waals surface area contributed by atoms with Gasteiger partial charge in [0, 0.05) is 31.9 Å². The van der Waals surface area contributed by atoms with Gasteiger partial charge in [-0.3, -0.25) is 14.7 Å². The number of carbonyl (C=O) groups is 1. The molecule has 1 fully saturated rings. The number of fused-ring (bicyclic) bond motifs is 3. The molecule has 2 atom stereocenters. The molecule has 1 aromatic heterocycles. The molecule has 2 aliphatic rings. The van der Waals surface area contributed by atoms with Crippen molar-refractivity contribution in [2.45, 2.75) is 31.7 Å². The van der Waals surface area contributed by atoms with Crippen LogP contribution in [0.3, 0.4) is 0 Å². The number of hydrogen-bond acceptors (Lipinski definition) is 4. The van der Waals surface area contributed by atoms with E-state index in [1.165, 1.54) is 0 Å². The summed E-state index contributed by atoms with van der Waals surface area (Å²) in [5, 5.41) is 0. The molecule has 0 unspecified atom stereocenters. The number of benzene rings is 2. The lowest BCUT2D eigenvalue weighted by molar-refractivity contribution is -0.123. The summed E-state index contributed by atoms with van der Waals surface area (Å²) in [7, 11) is 0. The smallest absolute Gasteiger partial charge is 0.244 e. The Morgan fingerprint density at radius 1 is 0.931 bits per heavy atom. The molecule has 5 rings (SSSR count). The van der Waals surface area contributed by atoms with Crippen LogP contribution in [0.25, 0.3) is 0 Å². The lowest BCUT2D eigenvalue weighted by Gasteiger charge is -2.32. The van der Waals surface area contributed by atoms with Crippen LogP contribution in [0, 0.1) is 0 Å². The average Bonchev–Trinajstić information content (AvgIpc) is 3.16. The molecule has 1 saturated heterocycles. The number of aromatic nitrogens is 1. The zero-order valence-electron chi connectivity index (χ0n) is 16.1. The number of likely N-dealkylation sites (tertiary alicyclic amines) is 1. The third-order valence-corrected chi connectivity index (χ3v) is 5.66. The van der Waals surface area contributed by atoms with E-state index in [-0.39, 0.29) is 18.1 Å². The van der Waals surface area contributed by atoms with Gasteiger partial charge in [-0.2, -0.15) is 0 Å². The molecule has 3 heterocycles. The summed E-state index contributed by atoms with van der Waals surface area (Å²) in [6, 6.07) is 21.8. The van der Waals surface area contributed by atoms with E-state index in [9.17, 15) is 4.79 Å². The minimum absolute atomic E-state index is 0.0145. The SMILES string of the molecule is O=C1[C@@H]2C[C@@H](CN2Cc2cccnc2)Oc2ccccc2N1Cc1ccccc1. The van der Waals surface area contributed by atoms with Crippen molar-refractivity contribution in [1.29, 1.82) is 0 Å². The number of rotatable bonds is 4. The molecule has 5 heteroatoms. The first kappa shape index (κ1) is 17.9. The summed E-state index contributed by atoms with van der Waals surface area (Å²) in [4.78, 5) is 22.1. The lowest BCUT2D eigenvalue weighted by atomic mass is 10.1. The molecular weight excluding hydrogens is 362 g/mol. The summed E-state index contributed by atoms with van der Waals surface area (Å²) < 4.78 is 6.36. The van der Waals surface area contributed by atoms with Gasteiger partial charge in [-0.25, -0.2) is 0 Å². The van der Waals surface area contributed by atoms with E-state index in [1.807, 2.05) is 59.6 Å². The summed E-state index contributed by atoms with van der Waals surface area (Å²) in [6.45, 7) is 1.96. The van der Waals surface area contributed by atoms with Crippen molar-refractivity contribution in [3.05, 3.63) is 90.3 Å². The fraction of sp³-hybridized carbons (Fsp3) is 0.250. The second-order valence-corrected chi connectivity index (χ2v) is 7.66. The van der Waals surface area contributed by atoms with Crippen molar-refractivity contribution >= 4 is 11.6 Å². The zero-order chi connectivity index (χ0) is 19.6. The fourth-order valence-electron chi connectivity index (χ4n) is 4.29. The Kier molecular flexibility index (Phi) is 4.74. The van der Waals surface area contributed by atoms with Crippen molar-refractivity contribution in [2.75, 3.05) is 11.4 Å². The maximum absolute atomic E-state index is 13.7. The number of anilines is 1. The van der Waals surface area contributed by atoms with Crippen LogP contribution in [0.4, 0.5) is 5.69 Å². The Morgan fingerprint density at radius 2 is 1.72 bits per heavy atom. The van der Waals surface area contributed by atoms with Gasteiger partial charge >= 0.3 is 0 Å². The van der Waals surface area contributed by atoms with Gasteiger partial charge in [-0.05, 0) is 29.3 Å². The molecule has 3 aromatic rings. The first-order chi connectivity index (χ1) is 14.3. The van der Waals surface area contributed by atoms with Gasteiger partial charge in [0.15, 0.2) is 0 Å². The highest BCUT2D eigenvalue weighted by atomic mass is 16.5. The number of nitrogens with zero attached hydrogens (tertiary/aromatic N) is 3. The van der Waals surface area contributed by atoms with E-state index in [0.717, 1.165) is 29.1 Å². The molecule has 2 aliphatic heterocycles. The quantitative estimate of drug-likeness (QED) is 0.688. The molecule has 0 aliphatic carbocycles. The lowest BCUT2D eigenvalue weighted by Crippen LogP contribution is -2.45. The molecule has 0 radical (unpaired) electrons. The van der Waals surface area contributed by atoms with Gasteiger partial charge in [0.05, 0.1) is 18.3 Å². The third kappa shape index (κ3) is 3.61. The van der Waals surface area contributed by atoms with Crippen molar-refractivity contribution in [1.82, 2.24) is 9.88 Å². The number of para-hydroxylation sites is 2. The van der Waals surface area contributed by atoms with Crippen molar-refractivity contribution in [3.63, 3.8) is 0 Å². The maximum Gasteiger partial charge on any atom is 0.244 e. The van der Waals surface area contributed by atoms with E-state index >= 15 is 0 Å². The van der Waals surface area contributed by atoms with Gasteiger partial charge in [0.2, 0.25) is 5.91 Å². The molecule has 0 spiro atoms. The van der Waals surface area contributed by atoms with Gasteiger partial charge in [0.25, 0.3) is 0 Å². The van der Waals surface area contributed by atoms with Crippen LogP contribution < -0.4 is 9.64 Å². The van der Waals surface area contributed by atoms with E-state index in [4.69, 9.17) is 4.74 Å². The van der Waals surface area contributed by atoms with E-state index < -0.39 is 0 Å². The van der Waals surface area contributed by atoms with E-state index in [2.05, 4.69) is 28.1 Å². The normalized spacial score (nSPS) is 21.2. The van der Waals surface area contributed by atoms with Crippen molar-refractivity contribution < 1.29 is 9.53 Å². The van der Waals surface area contributed by atoms with Crippen LogP contribution >= 0.6 is 0 Å². The highest BCUT2D eigenvalue weighted by Gasteiger charge is 2.42. The highest BCUT2D eigenvalue weighted by molar-refractivity contribution is 5.99. The molecule has 0 N–H and O–H groups in total. The van der Waals surface area contributed by atoms with Crippen LogP contribution in [0.5, 0.6) is 5.75 Å². The number of amides is 1. The first-order valence-corrected chi connectivity index (χ1v) is 10.0. The summed E-state index contributed by atoms with van der Waals surface area (Å²) in [5.41, 5.74) is 3.06. The monoisotopic (exact) mass is 385 g/mol. The molecule has 1 amide bonds. The summed E-state index contributed by atoms with van der Waals surface area (Å²) in [5.74, 6) is 0.916. The standard InChI is InChI=1S/C24H23N3O2/c28-24-22-13-20(17-26(22)15-19-9-6-12-25-14-19)29-23-11-5-4-10-21(23)27(24)16-18-7-2-1-3-8-18/h1-12,14,20,22H,13,15-17H2/t20-,22-/m0/s1. The largest absolute Gasteiger partial charge is 0.487 e. The topological polar surface area (TPSA) is 45.7 Å². The van der Waals surface area contributed by atoms with Crippen LogP contribution in [0.15, 0.2) is 79.1 Å². The van der Waals surface area contributed by atoms with Gasteiger partial charge < -0.3 is 9.64 Å². The maximum atomic E-state index is 13.7. The first-order valence-electron chi connectivity index (χ1n) is 10.0. The van der Waals surface area contributed by atoms with Crippen LogP contribution in [-0.2, 0) is 17.9 Å². The summed E-state index contributed by atoms with van der Waals surface area (Å²) in [6.07, 6.45) is 4.36. The minimum Gasteiger partial charge on any atom is -0.487 e. The summed E-state index contributed by atoms with van der Waals surface area (Å²) >= 11 is 0. The number of ether oxygens (including phenoxy) is 1. The Hall–Kier alpha value is -3.18. The van der Waals surface area contributed by atoms with E-state index in [1.54, 1.807) is 6.20 Å². The Labute approximate surface area is 170 Å². The molecule has 2 bridgehead atoms. The predicted octanol–water partition coefficient (Wildman–Crippen LogP) is 3.65. The number of hydrogen-bond donors (Lipinski definition) is 0. The fourth-order valence-corrected chi connectivity index (χ4v) is 4.29. The molecule has 29 heavy (non-hydrogen) atoms. The van der Waals surface area contributed by atoms with Crippen molar-refractivity contribution in [2.24, 2.45) is 0 Å². The van der Waals surface area contributed by atoms with Crippen LogP contribution in [0.1, 0.15) is 17.5 Å². The Balaban J connectivity index is 1.49. The van der Waals surface area contributed by atoms with Gasteiger partial charge in [0.1, 0.15) is 11.9 Å². The van der Waals surface area contributed by atoms with Gasteiger partial charge in [-0.1, -0.05) is 48.5 Å².